The van der Waals surface area contributed by atoms with Gasteiger partial charge in [0.1, 0.15) is 5.75 Å². The molecule has 0 aliphatic carbocycles. The molecule has 0 fully saturated rings. The number of hydrogen-bond donors (Lipinski definition) is 1. The molecule has 0 saturated heterocycles. The normalized spacial score (nSPS) is 12.1. The van der Waals surface area contributed by atoms with Crippen molar-refractivity contribution in [3.63, 3.8) is 0 Å². The summed E-state index contributed by atoms with van der Waals surface area (Å²) in [6, 6.07) is 18.8. The fourth-order valence-electron chi connectivity index (χ4n) is 2.35. The zero-order chi connectivity index (χ0) is 14.2. The van der Waals surface area contributed by atoms with Gasteiger partial charge in [0.05, 0.1) is 7.11 Å². The summed E-state index contributed by atoms with van der Waals surface area (Å²) in [6.07, 6.45) is 4.47. The Morgan fingerprint density at radius 2 is 1.65 bits per heavy atom. The summed E-state index contributed by atoms with van der Waals surface area (Å²) in [5, 5.41) is 0. The minimum atomic E-state index is 0.159. The van der Waals surface area contributed by atoms with Crippen LogP contribution in [0.2, 0.25) is 0 Å². The van der Waals surface area contributed by atoms with Crippen LogP contribution < -0.4 is 10.5 Å². The van der Waals surface area contributed by atoms with Crippen LogP contribution in [0.15, 0.2) is 54.6 Å². The molecule has 2 N–H and O–H groups in total. The Balaban J connectivity index is 1.70. The van der Waals surface area contributed by atoms with E-state index in [1.807, 2.05) is 30.3 Å². The van der Waals surface area contributed by atoms with Crippen LogP contribution in [-0.2, 0) is 6.42 Å². The zero-order valence-corrected chi connectivity index (χ0v) is 12.1. The Bertz CT molecular complexity index is 493. The molecule has 20 heavy (non-hydrogen) atoms. The van der Waals surface area contributed by atoms with Crippen molar-refractivity contribution in [1.82, 2.24) is 0 Å². The average molecular weight is 269 g/mol. The molecule has 2 aromatic rings. The number of methoxy groups -OCH3 is 1. The summed E-state index contributed by atoms with van der Waals surface area (Å²) < 4.78 is 5.16. The standard InChI is InChI=1S/C18H23NO/c1-20-17-13-11-15(12-14-17)7-5-6-10-18(19)16-8-3-2-4-9-16/h2-4,8-9,11-14,18H,5-7,10,19H2,1H3. The van der Waals surface area contributed by atoms with E-state index in [9.17, 15) is 0 Å². The van der Waals surface area contributed by atoms with E-state index < -0.39 is 0 Å². The Labute approximate surface area is 121 Å². The van der Waals surface area contributed by atoms with Crippen LogP contribution in [0.4, 0.5) is 0 Å². The SMILES string of the molecule is COc1ccc(CCCCC(N)c2ccccc2)cc1. The van der Waals surface area contributed by atoms with Crippen LogP contribution >= 0.6 is 0 Å². The van der Waals surface area contributed by atoms with Gasteiger partial charge in [0.2, 0.25) is 0 Å². The van der Waals surface area contributed by atoms with Crippen molar-refractivity contribution in [2.75, 3.05) is 7.11 Å². The third-order valence-corrected chi connectivity index (χ3v) is 3.62. The number of aryl methyl sites for hydroxylation is 1. The number of unbranched alkanes of at least 4 members (excludes halogenated alkanes) is 1. The second-order valence-corrected chi connectivity index (χ2v) is 5.11. The first-order valence-corrected chi connectivity index (χ1v) is 7.23. The van der Waals surface area contributed by atoms with Crippen LogP contribution in [0, 0.1) is 0 Å². The summed E-state index contributed by atoms with van der Waals surface area (Å²) in [5.74, 6) is 0.917. The van der Waals surface area contributed by atoms with Gasteiger partial charge in [-0.3, -0.25) is 0 Å². The van der Waals surface area contributed by atoms with Gasteiger partial charge in [0.25, 0.3) is 0 Å². The number of benzene rings is 2. The highest BCUT2D eigenvalue weighted by atomic mass is 16.5. The molecule has 0 saturated carbocycles. The summed E-state index contributed by atoms with van der Waals surface area (Å²) in [5.41, 5.74) is 8.79. The second kappa shape index (κ2) is 7.71. The highest BCUT2D eigenvalue weighted by molar-refractivity contribution is 5.27. The van der Waals surface area contributed by atoms with Gasteiger partial charge in [-0.05, 0) is 42.5 Å². The van der Waals surface area contributed by atoms with E-state index in [0.29, 0.717) is 0 Å². The van der Waals surface area contributed by atoms with E-state index >= 15 is 0 Å². The molecule has 2 aromatic carbocycles. The lowest BCUT2D eigenvalue weighted by Crippen LogP contribution is -2.09. The first-order valence-electron chi connectivity index (χ1n) is 7.23. The Morgan fingerprint density at radius 1 is 0.950 bits per heavy atom. The molecule has 0 bridgehead atoms. The lowest BCUT2D eigenvalue weighted by atomic mass is 10.00. The van der Waals surface area contributed by atoms with Crippen molar-refractivity contribution in [3.05, 3.63) is 65.7 Å². The average Bonchev–Trinajstić information content (AvgIpc) is 2.53. The van der Waals surface area contributed by atoms with E-state index in [4.69, 9.17) is 10.5 Å². The summed E-state index contributed by atoms with van der Waals surface area (Å²) in [4.78, 5) is 0. The molecule has 2 rings (SSSR count). The molecule has 0 amide bonds. The first kappa shape index (κ1) is 14.6. The van der Waals surface area contributed by atoms with Gasteiger partial charge in [-0.2, -0.15) is 0 Å². The molecular formula is C18H23NO. The van der Waals surface area contributed by atoms with Crippen molar-refractivity contribution in [2.24, 2.45) is 5.73 Å². The van der Waals surface area contributed by atoms with E-state index in [2.05, 4.69) is 24.3 Å². The molecule has 0 aliphatic heterocycles. The maximum atomic E-state index is 6.20. The predicted molar refractivity (Wildman–Crippen MR) is 83.9 cm³/mol. The van der Waals surface area contributed by atoms with Gasteiger partial charge in [-0.15, -0.1) is 0 Å². The van der Waals surface area contributed by atoms with Gasteiger partial charge in [-0.25, -0.2) is 0 Å². The maximum absolute atomic E-state index is 6.20. The van der Waals surface area contributed by atoms with Crippen LogP contribution in [0.5, 0.6) is 5.75 Å². The molecule has 0 aliphatic rings. The van der Waals surface area contributed by atoms with Crippen LogP contribution in [0.1, 0.15) is 36.4 Å². The Kier molecular flexibility index (Phi) is 5.63. The summed E-state index contributed by atoms with van der Waals surface area (Å²) in [6.45, 7) is 0. The van der Waals surface area contributed by atoms with Gasteiger partial charge in [0.15, 0.2) is 0 Å². The van der Waals surface area contributed by atoms with Crippen LogP contribution in [0.3, 0.4) is 0 Å². The molecule has 1 unspecified atom stereocenters. The third kappa shape index (κ3) is 4.39. The van der Waals surface area contributed by atoms with Crippen molar-refractivity contribution >= 4 is 0 Å². The molecule has 2 heteroatoms. The third-order valence-electron chi connectivity index (χ3n) is 3.62. The topological polar surface area (TPSA) is 35.2 Å². The maximum Gasteiger partial charge on any atom is 0.118 e. The summed E-state index contributed by atoms with van der Waals surface area (Å²) in [7, 11) is 1.69. The van der Waals surface area contributed by atoms with E-state index in [-0.39, 0.29) is 6.04 Å². The second-order valence-electron chi connectivity index (χ2n) is 5.11. The largest absolute Gasteiger partial charge is 0.497 e. The lowest BCUT2D eigenvalue weighted by molar-refractivity contribution is 0.414. The Morgan fingerprint density at radius 3 is 2.30 bits per heavy atom. The van der Waals surface area contributed by atoms with Crippen molar-refractivity contribution in [1.29, 1.82) is 0 Å². The monoisotopic (exact) mass is 269 g/mol. The van der Waals surface area contributed by atoms with Crippen LogP contribution in [-0.4, -0.2) is 7.11 Å². The fraction of sp³-hybridized carbons (Fsp3) is 0.333. The zero-order valence-electron chi connectivity index (χ0n) is 12.1. The molecule has 0 aromatic heterocycles. The van der Waals surface area contributed by atoms with Gasteiger partial charge in [0, 0.05) is 6.04 Å². The van der Waals surface area contributed by atoms with Gasteiger partial charge < -0.3 is 10.5 Å². The van der Waals surface area contributed by atoms with Crippen LogP contribution in [0.25, 0.3) is 0 Å². The fourth-order valence-corrected chi connectivity index (χ4v) is 2.35. The number of hydrogen-bond acceptors (Lipinski definition) is 2. The van der Waals surface area contributed by atoms with E-state index in [0.717, 1.165) is 25.0 Å². The summed E-state index contributed by atoms with van der Waals surface area (Å²) >= 11 is 0. The molecule has 1 atom stereocenters. The smallest absolute Gasteiger partial charge is 0.118 e. The van der Waals surface area contributed by atoms with Crippen molar-refractivity contribution in [3.8, 4) is 5.75 Å². The molecule has 2 nitrogen and oxygen atoms in total. The van der Waals surface area contributed by atoms with Gasteiger partial charge >= 0.3 is 0 Å². The molecular weight excluding hydrogens is 246 g/mol. The molecule has 0 radical (unpaired) electrons. The number of ether oxygens (including phenoxy) is 1. The Hall–Kier alpha value is -1.80. The quantitative estimate of drug-likeness (QED) is 0.768. The minimum absolute atomic E-state index is 0.159. The molecule has 106 valence electrons. The first-order chi connectivity index (χ1) is 9.79. The number of nitrogens with two attached hydrogens (primary N) is 1. The molecule has 0 heterocycles. The lowest BCUT2D eigenvalue weighted by Gasteiger charge is -2.11. The number of rotatable bonds is 7. The highest BCUT2D eigenvalue weighted by Crippen LogP contribution is 2.18. The highest BCUT2D eigenvalue weighted by Gasteiger charge is 2.04. The predicted octanol–water partition coefficient (Wildman–Crippen LogP) is 4.11. The van der Waals surface area contributed by atoms with Crippen molar-refractivity contribution in [2.45, 2.75) is 31.7 Å². The molecule has 0 spiro atoms. The van der Waals surface area contributed by atoms with E-state index in [1.165, 1.54) is 17.5 Å². The van der Waals surface area contributed by atoms with Crippen molar-refractivity contribution < 1.29 is 4.74 Å². The van der Waals surface area contributed by atoms with Gasteiger partial charge in [-0.1, -0.05) is 48.9 Å². The van der Waals surface area contributed by atoms with E-state index in [1.54, 1.807) is 7.11 Å². The minimum Gasteiger partial charge on any atom is -0.497 e.